The molecule has 0 spiro atoms. The number of carbonyl (C=O) groups excluding carboxylic acids is 1. The molecule has 1 aliphatic heterocycles. The summed E-state index contributed by atoms with van der Waals surface area (Å²) in [4.78, 5) is 31.0. The largest absolute Gasteiger partial charge is 0.379 e. The molecular formula is C22H20ClN5O2S. The van der Waals surface area contributed by atoms with E-state index in [1.807, 2.05) is 24.3 Å². The standard InChI is InChI=1S/C22H20ClN5O2S/c23-16-2-1-3-19-20(16)26-22(31-19)28(9-8-27-10-12-30-13-11-27)21(29)15-4-5-17-18(14-15)25-7-6-24-17/h1-7,14H,8-13H2. The first-order valence-electron chi connectivity index (χ1n) is 10.1. The maximum atomic E-state index is 13.6. The topological polar surface area (TPSA) is 71.5 Å². The van der Waals surface area contributed by atoms with E-state index in [2.05, 4.69) is 14.9 Å². The highest BCUT2D eigenvalue weighted by Crippen LogP contribution is 2.33. The molecule has 1 saturated heterocycles. The highest BCUT2D eigenvalue weighted by molar-refractivity contribution is 7.22. The number of hydrogen-bond donors (Lipinski definition) is 0. The number of ether oxygens (including phenoxy) is 1. The molecule has 1 aliphatic rings. The van der Waals surface area contributed by atoms with Crippen LogP contribution in [0.25, 0.3) is 21.3 Å². The summed E-state index contributed by atoms with van der Waals surface area (Å²) in [7, 11) is 0. The van der Waals surface area contributed by atoms with Gasteiger partial charge in [-0.1, -0.05) is 29.0 Å². The van der Waals surface area contributed by atoms with E-state index in [0.717, 1.165) is 35.4 Å². The van der Waals surface area contributed by atoms with Crippen LogP contribution < -0.4 is 4.90 Å². The van der Waals surface area contributed by atoms with Crippen LogP contribution in [0.4, 0.5) is 5.13 Å². The van der Waals surface area contributed by atoms with Gasteiger partial charge in [0.1, 0.15) is 5.52 Å². The van der Waals surface area contributed by atoms with Crippen molar-refractivity contribution in [3.63, 3.8) is 0 Å². The monoisotopic (exact) mass is 453 g/mol. The number of fused-ring (bicyclic) bond motifs is 2. The molecule has 2 aromatic carbocycles. The maximum Gasteiger partial charge on any atom is 0.260 e. The fraction of sp³-hybridized carbons (Fsp3) is 0.273. The summed E-state index contributed by atoms with van der Waals surface area (Å²) in [6, 6.07) is 11.1. The molecule has 0 unspecified atom stereocenters. The molecule has 4 aromatic rings. The van der Waals surface area contributed by atoms with Crippen LogP contribution in [0, 0.1) is 0 Å². The number of rotatable bonds is 5. The van der Waals surface area contributed by atoms with Gasteiger partial charge in [-0.2, -0.15) is 0 Å². The zero-order valence-corrected chi connectivity index (χ0v) is 18.3. The Hall–Kier alpha value is -2.65. The van der Waals surface area contributed by atoms with Crippen molar-refractivity contribution < 1.29 is 9.53 Å². The summed E-state index contributed by atoms with van der Waals surface area (Å²) in [5.41, 5.74) is 2.72. The molecule has 0 N–H and O–H groups in total. The average Bonchev–Trinajstić information content (AvgIpc) is 3.25. The van der Waals surface area contributed by atoms with Crippen molar-refractivity contribution in [2.75, 3.05) is 44.3 Å². The molecular weight excluding hydrogens is 434 g/mol. The van der Waals surface area contributed by atoms with Crippen LogP contribution in [0.3, 0.4) is 0 Å². The number of aromatic nitrogens is 3. The number of amides is 1. The van der Waals surface area contributed by atoms with Crippen LogP contribution in [0.1, 0.15) is 10.4 Å². The van der Waals surface area contributed by atoms with Gasteiger partial charge in [-0.25, -0.2) is 4.98 Å². The summed E-state index contributed by atoms with van der Waals surface area (Å²) >= 11 is 7.81. The van der Waals surface area contributed by atoms with E-state index in [1.165, 1.54) is 11.3 Å². The lowest BCUT2D eigenvalue weighted by Crippen LogP contribution is -2.43. The van der Waals surface area contributed by atoms with Crippen molar-refractivity contribution in [3.8, 4) is 0 Å². The Labute approximate surface area is 188 Å². The summed E-state index contributed by atoms with van der Waals surface area (Å²) in [6.07, 6.45) is 3.27. The van der Waals surface area contributed by atoms with Gasteiger partial charge in [0.05, 0.1) is 34.0 Å². The van der Waals surface area contributed by atoms with Gasteiger partial charge in [0.25, 0.3) is 5.91 Å². The van der Waals surface area contributed by atoms with Gasteiger partial charge in [0.15, 0.2) is 5.13 Å². The van der Waals surface area contributed by atoms with Crippen LogP contribution in [0.5, 0.6) is 0 Å². The minimum atomic E-state index is -0.115. The Morgan fingerprint density at radius 2 is 1.94 bits per heavy atom. The second kappa shape index (κ2) is 8.84. The lowest BCUT2D eigenvalue weighted by molar-refractivity contribution is 0.0391. The third kappa shape index (κ3) is 4.24. The maximum absolute atomic E-state index is 13.6. The fourth-order valence-corrected chi connectivity index (χ4v) is 4.91. The highest BCUT2D eigenvalue weighted by atomic mass is 35.5. The molecule has 158 valence electrons. The van der Waals surface area contributed by atoms with Gasteiger partial charge < -0.3 is 4.74 Å². The lowest BCUT2D eigenvalue weighted by Gasteiger charge is -2.29. The van der Waals surface area contributed by atoms with Gasteiger partial charge in [-0.05, 0) is 30.3 Å². The zero-order valence-electron chi connectivity index (χ0n) is 16.7. The summed E-state index contributed by atoms with van der Waals surface area (Å²) in [5, 5.41) is 1.22. The molecule has 1 fully saturated rings. The number of hydrogen-bond acceptors (Lipinski definition) is 7. The van der Waals surface area contributed by atoms with E-state index < -0.39 is 0 Å². The molecule has 2 aromatic heterocycles. The van der Waals surface area contributed by atoms with E-state index in [0.29, 0.717) is 41.0 Å². The van der Waals surface area contributed by atoms with Crippen molar-refractivity contribution in [2.24, 2.45) is 0 Å². The average molecular weight is 454 g/mol. The van der Waals surface area contributed by atoms with E-state index >= 15 is 0 Å². The normalized spacial score (nSPS) is 14.9. The van der Waals surface area contributed by atoms with Gasteiger partial charge in [-0.15, -0.1) is 0 Å². The number of morpholine rings is 1. The van der Waals surface area contributed by atoms with Crippen LogP contribution >= 0.6 is 22.9 Å². The summed E-state index contributed by atoms with van der Waals surface area (Å²) < 4.78 is 6.40. The molecule has 3 heterocycles. The number of halogens is 1. The van der Waals surface area contributed by atoms with Crippen molar-refractivity contribution in [3.05, 3.63) is 59.4 Å². The number of nitrogens with zero attached hydrogens (tertiary/aromatic N) is 5. The molecule has 1 amide bonds. The highest BCUT2D eigenvalue weighted by Gasteiger charge is 2.23. The quantitative estimate of drug-likeness (QED) is 0.456. The minimum Gasteiger partial charge on any atom is -0.379 e. The number of para-hydroxylation sites is 1. The first-order valence-corrected chi connectivity index (χ1v) is 11.3. The Kier molecular flexibility index (Phi) is 5.78. The lowest BCUT2D eigenvalue weighted by atomic mass is 10.1. The molecule has 9 heteroatoms. The number of benzene rings is 2. The molecule has 7 nitrogen and oxygen atoms in total. The van der Waals surface area contributed by atoms with Crippen molar-refractivity contribution in [1.29, 1.82) is 0 Å². The fourth-order valence-electron chi connectivity index (χ4n) is 3.62. The predicted octanol–water partition coefficient (Wildman–Crippen LogP) is 3.87. The second-order valence-electron chi connectivity index (χ2n) is 7.25. The summed E-state index contributed by atoms with van der Waals surface area (Å²) in [5.74, 6) is -0.115. The number of anilines is 1. The molecule has 5 rings (SSSR count). The van der Waals surface area contributed by atoms with Crippen LogP contribution in [-0.4, -0.2) is 65.2 Å². The molecule has 0 saturated carbocycles. The minimum absolute atomic E-state index is 0.115. The second-order valence-corrected chi connectivity index (χ2v) is 8.67. The SMILES string of the molecule is O=C(c1ccc2nccnc2c1)N(CCN1CCOCC1)c1nc2c(Cl)cccc2s1. The van der Waals surface area contributed by atoms with Gasteiger partial charge in [0, 0.05) is 44.1 Å². The van der Waals surface area contributed by atoms with Crippen molar-refractivity contribution in [1.82, 2.24) is 19.9 Å². The molecule has 0 bridgehead atoms. The third-order valence-corrected chi connectivity index (χ3v) is 6.64. The molecule has 0 radical (unpaired) electrons. The van der Waals surface area contributed by atoms with Gasteiger partial charge in [-0.3, -0.25) is 24.6 Å². The molecule has 0 aliphatic carbocycles. The van der Waals surface area contributed by atoms with Crippen molar-refractivity contribution >= 4 is 55.2 Å². The third-order valence-electron chi connectivity index (χ3n) is 5.29. The van der Waals surface area contributed by atoms with E-state index in [4.69, 9.17) is 21.3 Å². The Morgan fingerprint density at radius 1 is 1.13 bits per heavy atom. The van der Waals surface area contributed by atoms with Gasteiger partial charge in [0.2, 0.25) is 0 Å². The van der Waals surface area contributed by atoms with E-state index in [9.17, 15) is 4.79 Å². The first-order chi connectivity index (χ1) is 15.2. The van der Waals surface area contributed by atoms with Gasteiger partial charge >= 0.3 is 0 Å². The number of carbonyl (C=O) groups is 1. The Balaban J connectivity index is 1.49. The van der Waals surface area contributed by atoms with Crippen LogP contribution in [0.15, 0.2) is 48.8 Å². The Bertz CT molecular complexity index is 1240. The zero-order chi connectivity index (χ0) is 21.2. The molecule has 0 atom stereocenters. The number of thiazole rings is 1. The van der Waals surface area contributed by atoms with Crippen molar-refractivity contribution in [2.45, 2.75) is 0 Å². The van der Waals surface area contributed by atoms with E-state index in [-0.39, 0.29) is 5.91 Å². The summed E-state index contributed by atoms with van der Waals surface area (Å²) in [6.45, 7) is 4.42. The van der Waals surface area contributed by atoms with Crippen LogP contribution in [0.2, 0.25) is 5.02 Å². The Morgan fingerprint density at radius 3 is 2.74 bits per heavy atom. The molecule has 31 heavy (non-hydrogen) atoms. The van der Waals surface area contributed by atoms with E-state index in [1.54, 1.807) is 29.4 Å². The first kappa shape index (κ1) is 20.3. The van der Waals surface area contributed by atoms with Crippen LogP contribution in [-0.2, 0) is 4.74 Å². The smallest absolute Gasteiger partial charge is 0.260 e. The predicted molar refractivity (Wildman–Crippen MR) is 123 cm³/mol.